The molecular weight excluding hydrogens is 350 g/mol. The second-order valence-corrected chi connectivity index (χ2v) is 7.72. The van der Waals surface area contributed by atoms with Crippen LogP contribution in [0.25, 0.3) is 0 Å². The van der Waals surface area contributed by atoms with Gasteiger partial charge in [-0.2, -0.15) is 0 Å². The third-order valence-corrected chi connectivity index (χ3v) is 4.38. The summed E-state index contributed by atoms with van der Waals surface area (Å²) >= 11 is 0. The molecule has 0 fully saturated rings. The molecule has 2 N–H and O–H groups in total. The van der Waals surface area contributed by atoms with Gasteiger partial charge in [-0.15, -0.1) is 0 Å². The highest BCUT2D eigenvalue weighted by Gasteiger charge is 2.20. The van der Waals surface area contributed by atoms with Crippen molar-refractivity contribution in [1.29, 1.82) is 0 Å². The number of rotatable bonds is 17. The van der Waals surface area contributed by atoms with Gasteiger partial charge < -0.3 is 10.4 Å². The highest BCUT2D eigenvalue weighted by molar-refractivity contribution is 5.83. The molecule has 0 spiro atoms. The molecule has 4 nitrogen and oxygen atoms in total. The van der Waals surface area contributed by atoms with E-state index >= 15 is 0 Å². The second-order valence-electron chi connectivity index (χ2n) is 7.72. The second kappa shape index (κ2) is 18.5. The molecule has 0 aliphatic heterocycles. The Bertz CT molecular complexity index is 492. The Balaban J connectivity index is 3.69. The van der Waals surface area contributed by atoms with Gasteiger partial charge in [0.1, 0.15) is 6.04 Å². The molecule has 0 rings (SSSR count). The van der Waals surface area contributed by atoms with E-state index in [4.69, 9.17) is 5.11 Å². The van der Waals surface area contributed by atoms with Crippen molar-refractivity contribution in [3.63, 3.8) is 0 Å². The number of nitrogens with one attached hydrogen (secondary N) is 1. The molecule has 0 aliphatic carbocycles. The predicted octanol–water partition coefficient (Wildman–Crippen LogP) is 6.19. The molecule has 0 unspecified atom stereocenters. The summed E-state index contributed by atoms with van der Waals surface area (Å²) in [6, 6.07) is -0.773. The van der Waals surface area contributed by atoms with Gasteiger partial charge in [-0.25, -0.2) is 4.79 Å². The molecule has 0 bridgehead atoms. The van der Waals surface area contributed by atoms with Gasteiger partial charge >= 0.3 is 5.97 Å². The zero-order valence-corrected chi connectivity index (χ0v) is 18.2. The monoisotopic (exact) mass is 391 g/mol. The summed E-state index contributed by atoms with van der Waals surface area (Å²) < 4.78 is 0. The van der Waals surface area contributed by atoms with Crippen LogP contribution < -0.4 is 5.32 Å². The quantitative estimate of drug-likeness (QED) is 0.229. The Labute approximate surface area is 172 Å². The van der Waals surface area contributed by atoms with Crippen LogP contribution in [0.1, 0.15) is 91.4 Å². The number of carbonyl (C=O) groups is 2. The largest absolute Gasteiger partial charge is 0.480 e. The molecule has 0 saturated heterocycles. The van der Waals surface area contributed by atoms with Gasteiger partial charge in [-0.1, -0.05) is 70.1 Å². The number of allylic oxidation sites excluding steroid dienone is 6. The van der Waals surface area contributed by atoms with E-state index in [0.29, 0.717) is 12.8 Å². The highest BCUT2D eigenvalue weighted by Crippen LogP contribution is 2.07. The lowest BCUT2D eigenvalue weighted by atomic mass is 10.0. The van der Waals surface area contributed by atoms with Gasteiger partial charge in [0.2, 0.25) is 5.91 Å². The molecule has 160 valence electrons. The molecule has 0 aromatic carbocycles. The number of unbranched alkanes of at least 4 members (excludes halogenated alkanes) is 5. The standard InChI is InChI=1S/C24H41NO3/c1-4-5-6-7-8-9-10-11-12-13-14-15-16-17-18-19-23(26)25-22(24(27)28)20-21(2)3/h8-9,11-12,14-15,21-22H,4-7,10,13,16-20H2,1-3H3,(H,25,26)(H,27,28)/b9-8-,12-11-,15-14-/t22-/m0/s1. The average molecular weight is 392 g/mol. The lowest BCUT2D eigenvalue weighted by molar-refractivity contribution is -0.142. The van der Waals surface area contributed by atoms with E-state index in [2.05, 4.69) is 48.7 Å². The van der Waals surface area contributed by atoms with E-state index in [9.17, 15) is 9.59 Å². The molecule has 0 aromatic heterocycles. The Kier molecular flexibility index (Phi) is 17.3. The fraction of sp³-hybridized carbons (Fsp3) is 0.667. The van der Waals surface area contributed by atoms with Crippen LogP contribution in [0.15, 0.2) is 36.5 Å². The van der Waals surface area contributed by atoms with Crippen LogP contribution in [0.4, 0.5) is 0 Å². The minimum absolute atomic E-state index is 0.164. The van der Waals surface area contributed by atoms with Crippen LogP contribution in [0.3, 0.4) is 0 Å². The molecule has 0 saturated carbocycles. The molecule has 0 aliphatic rings. The van der Waals surface area contributed by atoms with E-state index in [1.54, 1.807) is 0 Å². The van der Waals surface area contributed by atoms with Crippen LogP contribution in [-0.2, 0) is 9.59 Å². The number of aliphatic carboxylic acids is 1. The summed E-state index contributed by atoms with van der Waals surface area (Å²) in [4.78, 5) is 23.0. The number of hydrogen-bond donors (Lipinski definition) is 2. The van der Waals surface area contributed by atoms with Gasteiger partial charge in [-0.3, -0.25) is 4.79 Å². The summed E-state index contributed by atoms with van der Waals surface area (Å²) in [5.74, 6) is -0.880. The number of hydrogen-bond acceptors (Lipinski definition) is 2. The zero-order valence-electron chi connectivity index (χ0n) is 18.2. The van der Waals surface area contributed by atoms with Crippen LogP contribution in [0.2, 0.25) is 0 Å². The fourth-order valence-electron chi connectivity index (χ4n) is 2.80. The van der Waals surface area contributed by atoms with Crippen molar-refractivity contribution in [2.45, 2.75) is 97.4 Å². The van der Waals surface area contributed by atoms with Gasteiger partial charge in [0.05, 0.1) is 0 Å². The number of amides is 1. The van der Waals surface area contributed by atoms with Crippen molar-refractivity contribution >= 4 is 11.9 Å². The Morgan fingerprint density at radius 2 is 1.39 bits per heavy atom. The molecule has 28 heavy (non-hydrogen) atoms. The minimum Gasteiger partial charge on any atom is -0.480 e. The Morgan fingerprint density at radius 1 is 0.857 bits per heavy atom. The third kappa shape index (κ3) is 17.6. The van der Waals surface area contributed by atoms with Crippen LogP contribution in [0.5, 0.6) is 0 Å². The highest BCUT2D eigenvalue weighted by atomic mass is 16.4. The first-order valence-corrected chi connectivity index (χ1v) is 10.9. The van der Waals surface area contributed by atoms with E-state index in [1.165, 1.54) is 25.7 Å². The van der Waals surface area contributed by atoms with Gasteiger partial charge in [0.25, 0.3) is 0 Å². The summed E-state index contributed by atoms with van der Waals surface area (Å²) in [6.07, 6.45) is 23.7. The first-order chi connectivity index (χ1) is 13.5. The van der Waals surface area contributed by atoms with Crippen molar-refractivity contribution < 1.29 is 14.7 Å². The maximum atomic E-state index is 11.9. The molecule has 0 radical (unpaired) electrons. The van der Waals surface area contributed by atoms with Crippen LogP contribution in [-0.4, -0.2) is 23.0 Å². The van der Waals surface area contributed by atoms with Crippen LogP contribution in [0, 0.1) is 5.92 Å². The molecule has 1 atom stereocenters. The van der Waals surface area contributed by atoms with Crippen molar-refractivity contribution in [3.05, 3.63) is 36.5 Å². The van der Waals surface area contributed by atoms with Crippen LogP contribution >= 0.6 is 0 Å². The van der Waals surface area contributed by atoms with Crippen molar-refractivity contribution in [1.82, 2.24) is 5.32 Å². The SMILES string of the molecule is CCCCC/C=C\C/C=C\C/C=C\CCCCC(=O)N[C@@H](CC(C)C)C(=O)O. The van der Waals surface area contributed by atoms with Crippen molar-refractivity contribution in [2.75, 3.05) is 0 Å². The lowest BCUT2D eigenvalue weighted by Crippen LogP contribution is -2.41. The maximum absolute atomic E-state index is 11.9. The average Bonchev–Trinajstić information content (AvgIpc) is 2.64. The minimum atomic E-state index is -0.954. The third-order valence-electron chi connectivity index (χ3n) is 4.38. The zero-order chi connectivity index (χ0) is 21.0. The number of carboxylic acids is 1. The van der Waals surface area contributed by atoms with Crippen molar-refractivity contribution in [3.8, 4) is 0 Å². The number of carbonyl (C=O) groups excluding carboxylic acids is 1. The van der Waals surface area contributed by atoms with Gasteiger partial charge in [0.15, 0.2) is 0 Å². The molecule has 0 heterocycles. The van der Waals surface area contributed by atoms with Crippen molar-refractivity contribution in [2.24, 2.45) is 5.92 Å². The molecule has 0 aromatic rings. The molecule has 1 amide bonds. The predicted molar refractivity (Wildman–Crippen MR) is 118 cm³/mol. The van der Waals surface area contributed by atoms with E-state index < -0.39 is 12.0 Å². The van der Waals surface area contributed by atoms with E-state index in [1.807, 2.05) is 13.8 Å². The molecular formula is C24H41NO3. The number of carboxylic acid groups (broad SMARTS) is 1. The lowest BCUT2D eigenvalue weighted by Gasteiger charge is -2.16. The smallest absolute Gasteiger partial charge is 0.326 e. The van der Waals surface area contributed by atoms with Gasteiger partial charge in [0, 0.05) is 6.42 Å². The first-order valence-electron chi connectivity index (χ1n) is 10.9. The molecule has 4 heteroatoms. The first kappa shape index (κ1) is 26.2. The Hall–Kier alpha value is -1.84. The van der Waals surface area contributed by atoms with E-state index in [-0.39, 0.29) is 11.8 Å². The maximum Gasteiger partial charge on any atom is 0.326 e. The Morgan fingerprint density at radius 3 is 1.89 bits per heavy atom. The van der Waals surface area contributed by atoms with E-state index in [0.717, 1.165) is 32.1 Å². The summed E-state index contributed by atoms with van der Waals surface area (Å²) in [7, 11) is 0. The summed E-state index contributed by atoms with van der Waals surface area (Å²) in [5.41, 5.74) is 0. The topological polar surface area (TPSA) is 66.4 Å². The van der Waals surface area contributed by atoms with Gasteiger partial charge in [-0.05, 0) is 57.3 Å². The summed E-state index contributed by atoms with van der Waals surface area (Å²) in [6.45, 7) is 6.13. The normalized spacial score (nSPS) is 13.1. The summed E-state index contributed by atoms with van der Waals surface area (Å²) in [5, 5.41) is 11.8. The fourth-order valence-corrected chi connectivity index (χ4v) is 2.80.